The van der Waals surface area contributed by atoms with Crippen LogP contribution in [0, 0.1) is 5.92 Å². The normalized spacial score (nSPS) is 38.1. The van der Waals surface area contributed by atoms with E-state index in [1.807, 2.05) is 6.92 Å². The lowest BCUT2D eigenvalue weighted by Gasteiger charge is -2.40. The fraction of sp³-hybridized carbons (Fsp3) is 1.00. The minimum atomic E-state index is -0.462. The summed E-state index contributed by atoms with van der Waals surface area (Å²) in [6, 6.07) is 0.694. The van der Waals surface area contributed by atoms with E-state index in [0.29, 0.717) is 6.04 Å². The van der Waals surface area contributed by atoms with Crippen molar-refractivity contribution in [1.29, 1.82) is 0 Å². The molecule has 0 bridgehead atoms. The molecule has 0 aromatic rings. The van der Waals surface area contributed by atoms with Gasteiger partial charge in [0, 0.05) is 19.1 Å². The van der Waals surface area contributed by atoms with Gasteiger partial charge in [-0.25, -0.2) is 0 Å². The van der Waals surface area contributed by atoms with E-state index in [2.05, 4.69) is 17.1 Å². The first kappa shape index (κ1) is 15.3. The highest BCUT2D eigenvalue weighted by Crippen LogP contribution is 2.27. The Bertz CT molecular complexity index is 267. The first-order chi connectivity index (χ1) is 9.11. The Morgan fingerprint density at radius 3 is 2.74 bits per heavy atom. The zero-order chi connectivity index (χ0) is 13.7. The molecule has 1 saturated heterocycles. The van der Waals surface area contributed by atoms with Crippen molar-refractivity contribution in [3.63, 3.8) is 0 Å². The first-order valence-electron chi connectivity index (χ1n) is 8.29. The SMILES string of the molecule is CCNC1CCCCCC1CN1CCCC(C)(O)C1. The van der Waals surface area contributed by atoms with Gasteiger partial charge in [-0.05, 0) is 51.6 Å². The van der Waals surface area contributed by atoms with Gasteiger partial charge in [0.05, 0.1) is 5.60 Å². The molecule has 0 spiro atoms. The predicted octanol–water partition coefficient (Wildman–Crippen LogP) is 2.39. The maximum Gasteiger partial charge on any atom is 0.0746 e. The number of nitrogens with one attached hydrogen (secondary N) is 1. The smallest absolute Gasteiger partial charge is 0.0746 e. The van der Waals surface area contributed by atoms with E-state index in [1.54, 1.807) is 0 Å². The van der Waals surface area contributed by atoms with Crippen LogP contribution in [-0.2, 0) is 0 Å². The van der Waals surface area contributed by atoms with Gasteiger partial charge < -0.3 is 15.3 Å². The van der Waals surface area contributed by atoms with Crippen LogP contribution in [0.15, 0.2) is 0 Å². The van der Waals surface area contributed by atoms with Crippen molar-refractivity contribution in [2.75, 3.05) is 26.2 Å². The quantitative estimate of drug-likeness (QED) is 0.769. The van der Waals surface area contributed by atoms with Crippen molar-refractivity contribution in [1.82, 2.24) is 10.2 Å². The van der Waals surface area contributed by atoms with Gasteiger partial charge in [-0.3, -0.25) is 0 Å². The fourth-order valence-corrected chi connectivity index (χ4v) is 3.94. The largest absolute Gasteiger partial charge is 0.389 e. The monoisotopic (exact) mass is 268 g/mol. The summed E-state index contributed by atoms with van der Waals surface area (Å²) in [5, 5.41) is 13.9. The maximum atomic E-state index is 10.2. The van der Waals surface area contributed by atoms with Crippen molar-refractivity contribution in [2.24, 2.45) is 5.92 Å². The van der Waals surface area contributed by atoms with Crippen LogP contribution < -0.4 is 5.32 Å². The van der Waals surface area contributed by atoms with Crippen LogP contribution in [0.3, 0.4) is 0 Å². The molecule has 3 heteroatoms. The molecule has 2 N–H and O–H groups in total. The van der Waals surface area contributed by atoms with Gasteiger partial charge in [-0.1, -0.05) is 26.2 Å². The summed E-state index contributed by atoms with van der Waals surface area (Å²) in [6.45, 7) is 8.50. The van der Waals surface area contributed by atoms with Crippen molar-refractivity contribution in [3.05, 3.63) is 0 Å². The van der Waals surface area contributed by atoms with Crippen molar-refractivity contribution in [2.45, 2.75) is 70.4 Å². The highest BCUT2D eigenvalue weighted by Gasteiger charge is 2.31. The first-order valence-corrected chi connectivity index (χ1v) is 8.29. The van der Waals surface area contributed by atoms with E-state index in [0.717, 1.165) is 31.8 Å². The van der Waals surface area contributed by atoms with E-state index in [4.69, 9.17) is 0 Å². The second kappa shape index (κ2) is 7.05. The topological polar surface area (TPSA) is 35.5 Å². The molecular weight excluding hydrogens is 236 g/mol. The molecule has 0 aromatic carbocycles. The molecule has 2 aliphatic rings. The third kappa shape index (κ3) is 4.73. The molecule has 0 aromatic heterocycles. The standard InChI is InChI=1S/C16H32N2O/c1-3-17-15-9-6-4-5-8-14(15)12-18-11-7-10-16(2,19)13-18/h14-15,17,19H,3-13H2,1-2H3. The number of likely N-dealkylation sites (tertiary alicyclic amines) is 1. The molecule has 3 nitrogen and oxygen atoms in total. The molecule has 0 radical (unpaired) electrons. The average molecular weight is 268 g/mol. The third-order valence-corrected chi connectivity index (χ3v) is 4.87. The number of β-amino-alcohol motifs (C(OH)–C–C–N with tert-alkyl or cyclic N) is 1. The van der Waals surface area contributed by atoms with E-state index in [9.17, 15) is 5.11 Å². The third-order valence-electron chi connectivity index (χ3n) is 4.87. The Morgan fingerprint density at radius 2 is 2.00 bits per heavy atom. The highest BCUT2D eigenvalue weighted by atomic mass is 16.3. The molecule has 0 amide bonds. The van der Waals surface area contributed by atoms with Crippen molar-refractivity contribution in [3.8, 4) is 0 Å². The summed E-state index contributed by atoms with van der Waals surface area (Å²) in [5.74, 6) is 0.774. The van der Waals surface area contributed by atoms with Crippen LogP contribution in [0.4, 0.5) is 0 Å². The van der Waals surface area contributed by atoms with Crippen LogP contribution >= 0.6 is 0 Å². The zero-order valence-corrected chi connectivity index (χ0v) is 12.8. The average Bonchev–Trinajstić information content (AvgIpc) is 2.55. The van der Waals surface area contributed by atoms with Gasteiger partial charge in [0.15, 0.2) is 0 Å². The van der Waals surface area contributed by atoms with Gasteiger partial charge in [0.2, 0.25) is 0 Å². The highest BCUT2D eigenvalue weighted by molar-refractivity contribution is 4.87. The van der Waals surface area contributed by atoms with E-state index in [-0.39, 0.29) is 0 Å². The lowest BCUT2D eigenvalue weighted by atomic mass is 9.90. The van der Waals surface area contributed by atoms with Gasteiger partial charge in [0.25, 0.3) is 0 Å². The summed E-state index contributed by atoms with van der Waals surface area (Å²) < 4.78 is 0. The van der Waals surface area contributed by atoms with E-state index in [1.165, 1.54) is 45.2 Å². The fourth-order valence-electron chi connectivity index (χ4n) is 3.94. The van der Waals surface area contributed by atoms with Crippen LogP contribution in [0.25, 0.3) is 0 Å². The lowest BCUT2D eigenvalue weighted by molar-refractivity contribution is -0.0218. The molecular formula is C16H32N2O. The second-order valence-corrected chi connectivity index (χ2v) is 6.90. The van der Waals surface area contributed by atoms with Gasteiger partial charge in [0.1, 0.15) is 0 Å². The molecule has 3 atom stereocenters. The number of nitrogens with zero attached hydrogens (tertiary/aromatic N) is 1. The van der Waals surface area contributed by atoms with Gasteiger partial charge >= 0.3 is 0 Å². The number of hydrogen-bond acceptors (Lipinski definition) is 3. The Kier molecular flexibility index (Phi) is 5.67. The molecule has 1 aliphatic heterocycles. The molecule has 2 fully saturated rings. The van der Waals surface area contributed by atoms with Crippen molar-refractivity contribution >= 4 is 0 Å². The Hall–Kier alpha value is -0.120. The molecule has 2 rings (SSSR count). The molecule has 112 valence electrons. The molecule has 3 unspecified atom stereocenters. The Balaban J connectivity index is 1.90. The summed E-state index contributed by atoms with van der Waals surface area (Å²) in [4.78, 5) is 2.50. The molecule has 1 saturated carbocycles. The summed E-state index contributed by atoms with van der Waals surface area (Å²) in [7, 11) is 0. The number of hydrogen-bond donors (Lipinski definition) is 2. The zero-order valence-electron chi connectivity index (χ0n) is 12.8. The minimum absolute atomic E-state index is 0.462. The summed E-state index contributed by atoms with van der Waals surface area (Å²) >= 11 is 0. The summed E-state index contributed by atoms with van der Waals surface area (Å²) in [6.07, 6.45) is 8.97. The summed E-state index contributed by atoms with van der Waals surface area (Å²) in [5.41, 5.74) is -0.462. The van der Waals surface area contributed by atoms with Gasteiger partial charge in [-0.2, -0.15) is 0 Å². The van der Waals surface area contributed by atoms with Gasteiger partial charge in [-0.15, -0.1) is 0 Å². The van der Waals surface area contributed by atoms with E-state index < -0.39 is 5.60 Å². The Morgan fingerprint density at radius 1 is 1.21 bits per heavy atom. The minimum Gasteiger partial charge on any atom is -0.389 e. The number of rotatable bonds is 4. The maximum absolute atomic E-state index is 10.2. The van der Waals surface area contributed by atoms with Crippen LogP contribution in [0.1, 0.15) is 58.8 Å². The van der Waals surface area contributed by atoms with E-state index >= 15 is 0 Å². The molecule has 1 heterocycles. The Labute approximate surface area is 118 Å². The van der Waals surface area contributed by atoms with Crippen molar-refractivity contribution < 1.29 is 5.11 Å². The van der Waals surface area contributed by atoms with Crippen LogP contribution in [0.2, 0.25) is 0 Å². The lowest BCUT2D eigenvalue weighted by Crippen LogP contribution is -2.50. The predicted molar refractivity (Wildman–Crippen MR) is 80.3 cm³/mol. The number of piperidine rings is 1. The van der Waals surface area contributed by atoms with Crippen LogP contribution in [0.5, 0.6) is 0 Å². The number of aliphatic hydroxyl groups is 1. The molecule has 19 heavy (non-hydrogen) atoms. The van der Waals surface area contributed by atoms with Crippen LogP contribution in [-0.4, -0.2) is 47.8 Å². The molecule has 1 aliphatic carbocycles. The second-order valence-electron chi connectivity index (χ2n) is 6.90.